The van der Waals surface area contributed by atoms with Crippen LogP contribution in [0, 0.1) is 0 Å². The Morgan fingerprint density at radius 1 is 1.27 bits per heavy atom. The monoisotopic (exact) mass is 399 g/mol. The molecule has 0 aromatic heterocycles. The van der Waals surface area contributed by atoms with Crippen molar-refractivity contribution in [3.05, 3.63) is 23.2 Å². The molecule has 0 bridgehead atoms. The highest BCUT2D eigenvalue weighted by Gasteiger charge is 2.33. The first-order chi connectivity index (χ1) is 12.3. The maximum atomic E-state index is 12.7. The number of halogens is 1. The predicted octanol–water partition coefficient (Wildman–Crippen LogP) is 2.36. The van der Waals surface area contributed by atoms with E-state index in [9.17, 15) is 18.0 Å². The van der Waals surface area contributed by atoms with Gasteiger partial charge >= 0.3 is 6.03 Å². The van der Waals surface area contributed by atoms with Crippen molar-refractivity contribution in [1.82, 2.24) is 9.80 Å². The summed E-state index contributed by atoms with van der Waals surface area (Å²) in [6.07, 6.45) is 4.17. The van der Waals surface area contributed by atoms with Crippen LogP contribution < -0.4 is 5.32 Å². The highest BCUT2D eigenvalue weighted by Crippen LogP contribution is 2.30. The Morgan fingerprint density at radius 3 is 2.69 bits per heavy atom. The van der Waals surface area contributed by atoms with Crippen LogP contribution in [-0.2, 0) is 14.6 Å². The summed E-state index contributed by atoms with van der Waals surface area (Å²) in [4.78, 5) is 28.0. The number of hydrogen-bond acceptors (Lipinski definition) is 4. The van der Waals surface area contributed by atoms with Crippen LogP contribution in [0.25, 0.3) is 0 Å². The molecule has 0 radical (unpaired) electrons. The van der Waals surface area contributed by atoms with E-state index in [1.54, 1.807) is 11.0 Å². The molecule has 0 spiro atoms. The minimum Gasteiger partial charge on any atom is -0.338 e. The molecule has 0 aliphatic carbocycles. The summed E-state index contributed by atoms with van der Waals surface area (Å²) in [5.74, 6) is 0.145. The number of anilines is 1. The molecule has 3 amide bonds. The molecule has 2 heterocycles. The smallest absolute Gasteiger partial charge is 0.321 e. The summed E-state index contributed by atoms with van der Waals surface area (Å²) in [6, 6.07) is 4.23. The van der Waals surface area contributed by atoms with Gasteiger partial charge < -0.3 is 15.1 Å². The first-order valence-electron chi connectivity index (χ1n) is 8.61. The van der Waals surface area contributed by atoms with Gasteiger partial charge in [-0.2, -0.15) is 0 Å². The molecule has 1 atom stereocenters. The molecular formula is C17H22ClN3O4S. The second kappa shape index (κ2) is 7.44. The van der Waals surface area contributed by atoms with Crippen LogP contribution in [0.5, 0.6) is 0 Å². The predicted molar refractivity (Wildman–Crippen MR) is 99.1 cm³/mol. The molecule has 142 valence electrons. The van der Waals surface area contributed by atoms with E-state index in [4.69, 9.17) is 11.6 Å². The number of carbonyl (C=O) groups excluding carboxylic acids is 2. The second-order valence-corrected chi connectivity index (χ2v) is 9.11. The van der Waals surface area contributed by atoms with Crippen LogP contribution >= 0.6 is 11.6 Å². The number of piperidine rings is 1. The third kappa shape index (κ3) is 3.96. The number of rotatable bonds is 3. The van der Waals surface area contributed by atoms with Gasteiger partial charge in [0.25, 0.3) is 0 Å². The van der Waals surface area contributed by atoms with Gasteiger partial charge in [0.2, 0.25) is 5.91 Å². The Hall–Kier alpha value is -1.80. The Bertz CT molecular complexity index is 827. The average Bonchev–Trinajstić information content (AvgIpc) is 3.00. The number of nitrogens with zero attached hydrogens (tertiary/aromatic N) is 2. The van der Waals surface area contributed by atoms with Gasteiger partial charge in [-0.3, -0.25) is 4.79 Å². The molecule has 0 saturated carbocycles. The zero-order valence-electron chi connectivity index (χ0n) is 14.6. The van der Waals surface area contributed by atoms with E-state index in [1.165, 1.54) is 12.1 Å². The van der Waals surface area contributed by atoms with Crippen LogP contribution in [-0.4, -0.2) is 62.1 Å². The fourth-order valence-electron chi connectivity index (χ4n) is 3.63. The minimum atomic E-state index is -3.59. The number of nitrogens with one attached hydrogen (secondary N) is 1. The SMILES string of the molecule is CS(=O)(=O)c1c(Cl)cccc1NC(=O)N1CCCC(N2CCCC2=O)C1. The summed E-state index contributed by atoms with van der Waals surface area (Å²) in [5.41, 5.74) is 0.171. The van der Waals surface area contributed by atoms with Gasteiger partial charge in [0, 0.05) is 38.4 Å². The number of hydrogen-bond donors (Lipinski definition) is 1. The van der Waals surface area contributed by atoms with Gasteiger partial charge in [-0.15, -0.1) is 0 Å². The minimum absolute atomic E-state index is 0.0261. The maximum absolute atomic E-state index is 12.7. The Balaban J connectivity index is 1.74. The van der Waals surface area contributed by atoms with Crippen molar-refractivity contribution in [2.45, 2.75) is 36.6 Å². The molecule has 1 unspecified atom stereocenters. The van der Waals surface area contributed by atoms with E-state index < -0.39 is 9.84 Å². The van der Waals surface area contributed by atoms with Crippen molar-refractivity contribution in [2.75, 3.05) is 31.2 Å². The molecule has 9 heteroatoms. The van der Waals surface area contributed by atoms with Gasteiger partial charge in [-0.1, -0.05) is 17.7 Å². The van der Waals surface area contributed by atoms with Crippen molar-refractivity contribution in [3.63, 3.8) is 0 Å². The van der Waals surface area contributed by atoms with E-state index in [-0.39, 0.29) is 33.6 Å². The average molecular weight is 400 g/mol. The van der Waals surface area contributed by atoms with E-state index in [2.05, 4.69) is 5.32 Å². The van der Waals surface area contributed by atoms with Crippen molar-refractivity contribution in [1.29, 1.82) is 0 Å². The first-order valence-corrected chi connectivity index (χ1v) is 10.9. The third-order valence-electron chi connectivity index (χ3n) is 4.81. The lowest BCUT2D eigenvalue weighted by Gasteiger charge is -2.37. The largest absolute Gasteiger partial charge is 0.338 e. The van der Waals surface area contributed by atoms with Gasteiger partial charge in [0.1, 0.15) is 4.90 Å². The first kappa shape index (κ1) is 19.0. The van der Waals surface area contributed by atoms with Crippen LogP contribution in [0.4, 0.5) is 10.5 Å². The molecule has 1 aromatic carbocycles. The molecule has 2 saturated heterocycles. The van der Waals surface area contributed by atoms with Crippen molar-refractivity contribution >= 4 is 39.1 Å². The molecule has 26 heavy (non-hydrogen) atoms. The van der Waals surface area contributed by atoms with Gasteiger partial charge in [-0.25, -0.2) is 13.2 Å². The van der Waals surface area contributed by atoms with Gasteiger partial charge in [0.15, 0.2) is 9.84 Å². The van der Waals surface area contributed by atoms with Crippen LogP contribution in [0.1, 0.15) is 25.7 Å². The van der Waals surface area contributed by atoms with E-state index in [0.717, 1.165) is 32.1 Å². The quantitative estimate of drug-likeness (QED) is 0.845. The van der Waals surface area contributed by atoms with Crippen LogP contribution in [0.2, 0.25) is 5.02 Å². The summed E-state index contributed by atoms with van der Waals surface area (Å²) in [5, 5.41) is 2.74. The molecule has 2 aliphatic rings. The van der Waals surface area contributed by atoms with Crippen LogP contribution in [0.15, 0.2) is 23.1 Å². The van der Waals surface area contributed by atoms with E-state index >= 15 is 0 Å². The number of carbonyl (C=O) groups is 2. The Morgan fingerprint density at radius 2 is 2.04 bits per heavy atom. The van der Waals surface area contributed by atoms with Crippen LogP contribution in [0.3, 0.4) is 0 Å². The standard InChI is InChI=1S/C17H22ClN3O4S/c1-26(24,25)16-13(18)6-2-7-14(16)19-17(23)20-9-3-5-12(11-20)21-10-4-8-15(21)22/h2,6-7,12H,3-5,8-11H2,1H3,(H,19,23). The molecule has 1 aromatic rings. The zero-order valence-corrected chi connectivity index (χ0v) is 16.1. The number of benzene rings is 1. The molecule has 2 aliphatic heterocycles. The lowest BCUT2D eigenvalue weighted by Crippen LogP contribution is -2.51. The Kier molecular flexibility index (Phi) is 5.43. The van der Waals surface area contributed by atoms with Gasteiger partial charge in [0.05, 0.1) is 10.7 Å². The molecule has 1 N–H and O–H groups in total. The normalized spacial score (nSPS) is 21.2. The highest BCUT2D eigenvalue weighted by molar-refractivity contribution is 7.91. The number of urea groups is 1. The van der Waals surface area contributed by atoms with E-state index in [0.29, 0.717) is 19.5 Å². The number of likely N-dealkylation sites (tertiary alicyclic amines) is 2. The molecule has 3 rings (SSSR count). The fraction of sp³-hybridized carbons (Fsp3) is 0.529. The highest BCUT2D eigenvalue weighted by atomic mass is 35.5. The summed E-state index contributed by atoms with van der Waals surface area (Å²) >= 11 is 6.02. The van der Waals surface area contributed by atoms with Crippen molar-refractivity contribution in [3.8, 4) is 0 Å². The molecular weight excluding hydrogens is 378 g/mol. The molecule has 7 nitrogen and oxygen atoms in total. The number of amides is 3. The lowest BCUT2D eigenvalue weighted by molar-refractivity contribution is -0.130. The molecule has 2 fully saturated rings. The lowest BCUT2D eigenvalue weighted by atomic mass is 10.0. The Labute approximate surface area is 158 Å². The number of sulfone groups is 1. The van der Waals surface area contributed by atoms with Crippen molar-refractivity contribution < 1.29 is 18.0 Å². The fourth-order valence-corrected chi connectivity index (χ4v) is 5.16. The zero-order chi connectivity index (χ0) is 18.9. The third-order valence-corrected chi connectivity index (χ3v) is 6.42. The van der Waals surface area contributed by atoms with Gasteiger partial charge in [-0.05, 0) is 31.4 Å². The topological polar surface area (TPSA) is 86.8 Å². The summed E-state index contributed by atoms with van der Waals surface area (Å²) in [6.45, 7) is 1.76. The maximum Gasteiger partial charge on any atom is 0.321 e. The second-order valence-electron chi connectivity index (χ2n) is 6.75. The van der Waals surface area contributed by atoms with Crippen molar-refractivity contribution in [2.24, 2.45) is 0 Å². The summed E-state index contributed by atoms with van der Waals surface area (Å²) < 4.78 is 24.0. The summed E-state index contributed by atoms with van der Waals surface area (Å²) in [7, 11) is -3.59. The van der Waals surface area contributed by atoms with E-state index in [1.807, 2.05) is 4.90 Å².